The Hall–Kier alpha value is -4.22. The number of halogens is 1. The molecule has 3 amide bonds. The largest absolute Gasteiger partial charge is 0.322 e. The third-order valence-electron chi connectivity index (χ3n) is 8.83. The number of rotatable bonds is 3. The Morgan fingerprint density at radius 3 is 2.15 bits per heavy atom. The van der Waals surface area contributed by atoms with Crippen LogP contribution in [0.15, 0.2) is 91.0 Å². The predicted octanol–water partition coefficient (Wildman–Crippen LogP) is 6.69. The minimum Gasteiger partial charge on any atom is -0.322 e. The summed E-state index contributed by atoms with van der Waals surface area (Å²) in [6.45, 7) is 3.83. The molecule has 6 heteroatoms. The van der Waals surface area contributed by atoms with E-state index >= 15 is 0 Å². The second kappa shape index (κ2) is 8.39. The molecule has 1 aliphatic heterocycles. The van der Waals surface area contributed by atoms with E-state index < -0.39 is 11.3 Å². The first kappa shape index (κ1) is 23.9. The Kier molecular flexibility index (Phi) is 5.13. The third-order valence-corrected chi connectivity index (χ3v) is 9.06. The Labute approximate surface area is 231 Å². The fourth-order valence-electron chi connectivity index (χ4n) is 7.07. The number of hydrogen-bond donors (Lipinski definition) is 1. The average Bonchev–Trinajstić information content (AvgIpc) is 3.15. The lowest BCUT2D eigenvalue weighted by Gasteiger charge is -2.51. The lowest BCUT2D eigenvalue weighted by atomic mass is 9.48. The summed E-state index contributed by atoms with van der Waals surface area (Å²) in [6.07, 6.45) is 0. The van der Waals surface area contributed by atoms with Crippen LogP contribution in [0.25, 0.3) is 0 Å². The normalized spacial score (nSPS) is 24.3. The van der Waals surface area contributed by atoms with Crippen LogP contribution >= 0.6 is 11.6 Å². The van der Waals surface area contributed by atoms with E-state index in [1.807, 2.05) is 44.2 Å². The van der Waals surface area contributed by atoms with E-state index in [1.54, 1.807) is 36.4 Å². The highest BCUT2D eigenvalue weighted by molar-refractivity contribution is 6.31. The summed E-state index contributed by atoms with van der Waals surface area (Å²) < 4.78 is 0. The SMILES string of the molecule is Cc1ccc(Cl)cc1NC(=O)c1cccc(N2C(=O)[C@H]3C4c5ccccc5C(c5ccccc54)[C@@]3(C)C2=O)c1. The van der Waals surface area contributed by atoms with Crippen LogP contribution in [-0.2, 0) is 9.59 Å². The van der Waals surface area contributed by atoms with Crippen molar-refractivity contribution in [1.82, 2.24) is 0 Å². The lowest BCUT2D eigenvalue weighted by Crippen LogP contribution is -2.49. The minimum atomic E-state index is -0.930. The summed E-state index contributed by atoms with van der Waals surface area (Å²) in [5.41, 5.74) is 5.79. The maximum atomic E-state index is 14.3. The van der Waals surface area contributed by atoms with E-state index in [0.29, 0.717) is 22.0 Å². The van der Waals surface area contributed by atoms with Crippen LogP contribution < -0.4 is 10.2 Å². The zero-order valence-electron chi connectivity index (χ0n) is 21.4. The second-order valence-corrected chi connectivity index (χ2v) is 11.3. The molecule has 4 aromatic rings. The van der Waals surface area contributed by atoms with E-state index in [4.69, 9.17) is 11.6 Å². The van der Waals surface area contributed by atoms with E-state index in [2.05, 4.69) is 29.6 Å². The molecule has 192 valence electrons. The molecule has 5 nitrogen and oxygen atoms in total. The van der Waals surface area contributed by atoms with Crippen molar-refractivity contribution >= 4 is 40.7 Å². The number of carbonyl (C=O) groups excluding carboxylic acids is 3. The molecular weight excluding hydrogens is 508 g/mol. The lowest BCUT2D eigenvalue weighted by molar-refractivity contribution is -0.128. The molecule has 2 atom stereocenters. The van der Waals surface area contributed by atoms with Gasteiger partial charge < -0.3 is 5.32 Å². The molecule has 0 spiro atoms. The predicted molar refractivity (Wildman–Crippen MR) is 151 cm³/mol. The first-order valence-corrected chi connectivity index (χ1v) is 13.4. The average molecular weight is 533 g/mol. The van der Waals surface area contributed by atoms with Gasteiger partial charge in [-0.25, -0.2) is 4.90 Å². The molecule has 3 aliphatic carbocycles. The van der Waals surface area contributed by atoms with Gasteiger partial charge in [-0.05, 0) is 72.0 Å². The fraction of sp³-hybridized carbons (Fsp3) is 0.182. The zero-order chi connectivity index (χ0) is 27.1. The molecule has 2 bridgehead atoms. The Morgan fingerprint density at radius 2 is 1.49 bits per heavy atom. The zero-order valence-corrected chi connectivity index (χ0v) is 22.2. The summed E-state index contributed by atoms with van der Waals surface area (Å²) in [7, 11) is 0. The quantitative estimate of drug-likeness (QED) is 0.299. The van der Waals surface area contributed by atoms with Crippen molar-refractivity contribution in [2.24, 2.45) is 11.3 Å². The van der Waals surface area contributed by atoms with E-state index in [0.717, 1.165) is 27.8 Å². The molecule has 0 aromatic heterocycles. The highest BCUT2D eigenvalue weighted by atomic mass is 35.5. The summed E-state index contributed by atoms with van der Waals surface area (Å²) in [5.74, 6) is -1.73. The van der Waals surface area contributed by atoms with Crippen LogP contribution in [0.2, 0.25) is 5.02 Å². The highest BCUT2D eigenvalue weighted by Gasteiger charge is 2.68. The molecule has 0 radical (unpaired) electrons. The Bertz CT molecular complexity index is 1680. The molecule has 0 unspecified atom stereocenters. The highest BCUT2D eigenvalue weighted by Crippen LogP contribution is 2.67. The number of anilines is 2. The summed E-state index contributed by atoms with van der Waals surface area (Å²) >= 11 is 6.13. The summed E-state index contributed by atoms with van der Waals surface area (Å²) in [6, 6.07) is 28.4. The van der Waals surface area contributed by atoms with Crippen LogP contribution in [0.3, 0.4) is 0 Å². The molecule has 1 saturated heterocycles. The van der Waals surface area contributed by atoms with Gasteiger partial charge in [0.25, 0.3) is 5.91 Å². The van der Waals surface area contributed by atoms with Gasteiger partial charge in [-0.15, -0.1) is 0 Å². The molecule has 1 fully saturated rings. The van der Waals surface area contributed by atoms with Crippen LogP contribution in [0, 0.1) is 18.3 Å². The molecule has 4 aliphatic rings. The van der Waals surface area contributed by atoms with Gasteiger partial charge in [0.2, 0.25) is 11.8 Å². The number of nitrogens with zero attached hydrogens (tertiary/aromatic N) is 1. The van der Waals surface area contributed by atoms with E-state index in [-0.39, 0.29) is 29.6 Å². The topological polar surface area (TPSA) is 66.5 Å². The molecule has 8 rings (SSSR count). The first-order valence-electron chi connectivity index (χ1n) is 13.0. The molecule has 1 heterocycles. The monoisotopic (exact) mass is 532 g/mol. The van der Waals surface area contributed by atoms with Gasteiger partial charge in [0, 0.05) is 28.1 Å². The first-order chi connectivity index (χ1) is 18.8. The minimum absolute atomic E-state index is 0.203. The smallest absolute Gasteiger partial charge is 0.255 e. The fourth-order valence-corrected chi connectivity index (χ4v) is 7.24. The maximum absolute atomic E-state index is 14.3. The van der Waals surface area contributed by atoms with E-state index in [9.17, 15) is 14.4 Å². The molecular formula is C33H25ClN2O3. The number of aryl methyl sites for hydroxylation is 1. The summed E-state index contributed by atoms with van der Waals surface area (Å²) in [5, 5.41) is 3.42. The van der Waals surface area contributed by atoms with Crippen molar-refractivity contribution in [1.29, 1.82) is 0 Å². The van der Waals surface area contributed by atoms with Gasteiger partial charge in [-0.1, -0.05) is 72.3 Å². The van der Waals surface area contributed by atoms with Crippen LogP contribution in [0.1, 0.15) is 56.9 Å². The van der Waals surface area contributed by atoms with Crippen molar-refractivity contribution in [3.8, 4) is 0 Å². The molecule has 4 aromatic carbocycles. The van der Waals surface area contributed by atoms with Crippen molar-refractivity contribution in [3.63, 3.8) is 0 Å². The van der Waals surface area contributed by atoms with Crippen LogP contribution in [0.5, 0.6) is 0 Å². The van der Waals surface area contributed by atoms with Crippen molar-refractivity contribution in [3.05, 3.63) is 129 Å². The number of benzene rings is 4. The van der Waals surface area contributed by atoms with Crippen molar-refractivity contribution < 1.29 is 14.4 Å². The van der Waals surface area contributed by atoms with Gasteiger partial charge in [0.15, 0.2) is 0 Å². The van der Waals surface area contributed by atoms with Crippen molar-refractivity contribution in [2.45, 2.75) is 25.7 Å². The maximum Gasteiger partial charge on any atom is 0.255 e. The number of carbonyl (C=O) groups is 3. The number of amides is 3. The van der Waals surface area contributed by atoms with Crippen molar-refractivity contribution in [2.75, 3.05) is 10.2 Å². The van der Waals surface area contributed by atoms with E-state index in [1.165, 1.54) is 4.90 Å². The van der Waals surface area contributed by atoms with Crippen LogP contribution in [-0.4, -0.2) is 17.7 Å². The number of imide groups is 1. The Morgan fingerprint density at radius 1 is 0.846 bits per heavy atom. The molecule has 1 N–H and O–H groups in total. The standard InChI is InChI=1S/C33H25ClN2O3/c1-18-14-15-20(34)17-26(18)35-30(37)19-8-7-9-21(16-19)36-31(38)29-27-22-10-3-5-12-24(22)28(33(29,2)32(36)39)25-13-6-4-11-23(25)27/h3-17,27-29H,1-2H3,(H,35,37)/t27?,28?,29-,33-/m1/s1. The van der Waals surface area contributed by atoms with Crippen LogP contribution in [0.4, 0.5) is 11.4 Å². The number of hydrogen-bond acceptors (Lipinski definition) is 3. The van der Waals surface area contributed by atoms with Gasteiger partial charge in [0.05, 0.1) is 17.0 Å². The second-order valence-electron chi connectivity index (χ2n) is 10.9. The van der Waals surface area contributed by atoms with Gasteiger partial charge in [-0.2, -0.15) is 0 Å². The third kappa shape index (κ3) is 3.23. The number of nitrogens with one attached hydrogen (secondary N) is 1. The molecule has 39 heavy (non-hydrogen) atoms. The summed E-state index contributed by atoms with van der Waals surface area (Å²) in [4.78, 5) is 43.0. The van der Waals surface area contributed by atoms with Gasteiger partial charge in [-0.3, -0.25) is 14.4 Å². The Balaban J connectivity index is 1.29. The van der Waals surface area contributed by atoms with Gasteiger partial charge in [0.1, 0.15) is 0 Å². The molecule has 0 saturated carbocycles. The van der Waals surface area contributed by atoms with Gasteiger partial charge >= 0.3 is 0 Å².